The summed E-state index contributed by atoms with van der Waals surface area (Å²) < 4.78 is 0. The molecule has 0 saturated carbocycles. The minimum Gasteiger partial charge on any atom is -0.399 e. The Labute approximate surface area is 109 Å². The molecular formula is C15H22N2O. The molecule has 1 aromatic rings. The molecule has 1 rings (SSSR count). The minimum atomic E-state index is -0.0679. The standard InChI is InChI=1S/C15H22N2O/c1-15(2,3)9-10-17-14(18)8-7-12-5-4-6-13(16)11-12/h4-8,11H,9-10,16H2,1-3H3,(H,17,18)/b8-7+. The number of rotatable bonds is 4. The Hall–Kier alpha value is -1.77. The van der Waals surface area contributed by atoms with Gasteiger partial charge in [-0.15, -0.1) is 0 Å². The molecule has 0 unspecified atom stereocenters. The van der Waals surface area contributed by atoms with Crippen molar-refractivity contribution in [2.24, 2.45) is 5.41 Å². The van der Waals surface area contributed by atoms with Crippen LogP contribution in [0, 0.1) is 5.41 Å². The first-order valence-corrected chi connectivity index (χ1v) is 6.18. The summed E-state index contributed by atoms with van der Waals surface area (Å²) in [7, 11) is 0. The molecule has 98 valence electrons. The van der Waals surface area contributed by atoms with Crippen molar-refractivity contribution in [1.82, 2.24) is 5.32 Å². The molecule has 1 amide bonds. The van der Waals surface area contributed by atoms with Crippen molar-refractivity contribution < 1.29 is 4.79 Å². The number of amides is 1. The van der Waals surface area contributed by atoms with Crippen molar-refractivity contribution in [3.8, 4) is 0 Å². The predicted molar refractivity (Wildman–Crippen MR) is 77.0 cm³/mol. The number of nitrogens with two attached hydrogens (primary N) is 1. The average molecular weight is 246 g/mol. The number of carbonyl (C=O) groups is 1. The number of nitrogen functional groups attached to an aromatic ring is 1. The van der Waals surface area contributed by atoms with E-state index >= 15 is 0 Å². The molecule has 0 aliphatic carbocycles. The Kier molecular flexibility index (Phi) is 4.95. The Bertz CT molecular complexity index is 430. The monoisotopic (exact) mass is 246 g/mol. The number of nitrogens with one attached hydrogen (secondary N) is 1. The van der Waals surface area contributed by atoms with E-state index in [1.165, 1.54) is 6.08 Å². The second kappa shape index (κ2) is 6.24. The van der Waals surface area contributed by atoms with Gasteiger partial charge in [-0.3, -0.25) is 4.79 Å². The molecule has 0 aliphatic heterocycles. The van der Waals surface area contributed by atoms with Gasteiger partial charge in [0, 0.05) is 18.3 Å². The third-order valence-electron chi connectivity index (χ3n) is 2.51. The van der Waals surface area contributed by atoms with Gasteiger partial charge in [-0.1, -0.05) is 32.9 Å². The van der Waals surface area contributed by atoms with Crippen molar-refractivity contribution in [2.45, 2.75) is 27.2 Å². The van der Waals surface area contributed by atoms with Crippen LogP contribution in [0.25, 0.3) is 6.08 Å². The second-order valence-corrected chi connectivity index (χ2v) is 5.61. The molecule has 18 heavy (non-hydrogen) atoms. The SMILES string of the molecule is CC(C)(C)CCNC(=O)/C=C/c1cccc(N)c1. The highest BCUT2D eigenvalue weighted by atomic mass is 16.1. The Morgan fingerprint density at radius 2 is 2.11 bits per heavy atom. The van der Waals surface area contributed by atoms with Crippen LogP contribution in [0.3, 0.4) is 0 Å². The van der Waals surface area contributed by atoms with Gasteiger partial charge in [0.15, 0.2) is 0 Å². The van der Waals surface area contributed by atoms with Gasteiger partial charge in [0.2, 0.25) is 5.91 Å². The zero-order valence-corrected chi connectivity index (χ0v) is 11.4. The summed E-state index contributed by atoms with van der Waals surface area (Å²) in [5, 5.41) is 2.87. The molecule has 1 aromatic carbocycles. The van der Waals surface area contributed by atoms with E-state index in [0.717, 1.165) is 12.0 Å². The fourth-order valence-electron chi connectivity index (χ4n) is 1.45. The third kappa shape index (κ3) is 6.09. The molecule has 3 heteroatoms. The van der Waals surface area contributed by atoms with Gasteiger partial charge < -0.3 is 11.1 Å². The van der Waals surface area contributed by atoms with Crippen LogP contribution in [-0.4, -0.2) is 12.5 Å². The first kappa shape index (κ1) is 14.3. The van der Waals surface area contributed by atoms with E-state index in [4.69, 9.17) is 5.73 Å². The molecule has 3 nitrogen and oxygen atoms in total. The van der Waals surface area contributed by atoms with E-state index in [-0.39, 0.29) is 11.3 Å². The lowest BCUT2D eigenvalue weighted by Crippen LogP contribution is -2.25. The smallest absolute Gasteiger partial charge is 0.243 e. The van der Waals surface area contributed by atoms with Crippen LogP contribution in [0.15, 0.2) is 30.3 Å². The van der Waals surface area contributed by atoms with Gasteiger partial charge in [-0.25, -0.2) is 0 Å². The lowest BCUT2D eigenvalue weighted by Gasteiger charge is -2.17. The van der Waals surface area contributed by atoms with E-state index in [9.17, 15) is 4.79 Å². The maximum Gasteiger partial charge on any atom is 0.243 e. The van der Waals surface area contributed by atoms with Crippen LogP contribution in [0.1, 0.15) is 32.8 Å². The number of hydrogen-bond acceptors (Lipinski definition) is 2. The number of hydrogen-bond donors (Lipinski definition) is 2. The molecule has 0 saturated heterocycles. The van der Waals surface area contributed by atoms with Crippen molar-refractivity contribution in [2.75, 3.05) is 12.3 Å². The summed E-state index contributed by atoms with van der Waals surface area (Å²) in [6.07, 6.45) is 4.27. The maximum absolute atomic E-state index is 11.6. The molecule has 0 spiro atoms. The zero-order valence-electron chi connectivity index (χ0n) is 11.4. The maximum atomic E-state index is 11.6. The van der Waals surface area contributed by atoms with Gasteiger partial charge in [-0.2, -0.15) is 0 Å². The lowest BCUT2D eigenvalue weighted by molar-refractivity contribution is -0.116. The average Bonchev–Trinajstić information content (AvgIpc) is 2.25. The van der Waals surface area contributed by atoms with Crippen molar-refractivity contribution in [1.29, 1.82) is 0 Å². The lowest BCUT2D eigenvalue weighted by atomic mass is 9.92. The third-order valence-corrected chi connectivity index (χ3v) is 2.51. The summed E-state index contributed by atoms with van der Waals surface area (Å²) in [5.74, 6) is -0.0679. The van der Waals surface area contributed by atoms with Crippen LogP contribution in [-0.2, 0) is 4.79 Å². The van der Waals surface area contributed by atoms with Crippen LogP contribution in [0.2, 0.25) is 0 Å². The van der Waals surface area contributed by atoms with Gasteiger partial charge in [0.05, 0.1) is 0 Å². The molecule has 0 bridgehead atoms. The summed E-state index contributed by atoms with van der Waals surface area (Å²) in [6, 6.07) is 7.43. The van der Waals surface area contributed by atoms with Gasteiger partial charge >= 0.3 is 0 Å². The molecule has 0 heterocycles. The Balaban J connectivity index is 2.40. The van der Waals surface area contributed by atoms with Crippen molar-refractivity contribution >= 4 is 17.7 Å². The van der Waals surface area contributed by atoms with E-state index in [1.807, 2.05) is 24.3 Å². The number of benzene rings is 1. The molecule has 0 fully saturated rings. The number of anilines is 1. The predicted octanol–water partition coefficient (Wildman–Crippen LogP) is 2.83. The Morgan fingerprint density at radius 1 is 1.39 bits per heavy atom. The Morgan fingerprint density at radius 3 is 2.72 bits per heavy atom. The quantitative estimate of drug-likeness (QED) is 0.634. The summed E-state index contributed by atoms with van der Waals surface area (Å²) in [6.45, 7) is 7.16. The van der Waals surface area contributed by atoms with E-state index in [0.29, 0.717) is 12.2 Å². The molecular weight excluding hydrogens is 224 g/mol. The van der Waals surface area contributed by atoms with Crippen LogP contribution in [0.4, 0.5) is 5.69 Å². The van der Waals surface area contributed by atoms with Gasteiger partial charge in [-0.05, 0) is 35.6 Å². The molecule has 0 aliphatic rings. The summed E-state index contributed by atoms with van der Waals surface area (Å²) in [5.41, 5.74) is 7.53. The van der Waals surface area contributed by atoms with Gasteiger partial charge in [0.1, 0.15) is 0 Å². The summed E-state index contributed by atoms with van der Waals surface area (Å²) >= 11 is 0. The normalized spacial score (nSPS) is 11.7. The minimum absolute atomic E-state index is 0.0679. The van der Waals surface area contributed by atoms with Crippen LogP contribution >= 0.6 is 0 Å². The van der Waals surface area contributed by atoms with Crippen LogP contribution in [0.5, 0.6) is 0 Å². The van der Waals surface area contributed by atoms with Crippen LogP contribution < -0.4 is 11.1 Å². The first-order valence-electron chi connectivity index (χ1n) is 6.18. The van der Waals surface area contributed by atoms with Gasteiger partial charge in [0.25, 0.3) is 0 Å². The van der Waals surface area contributed by atoms with E-state index < -0.39 is 0 Å². The van der Waals surface area contributed by atoms with Crippen molar-refractivity contribution in [3.63, 3.8) is 0 Å². The highest BCUT2D eigenvalue weighted by molar-refractivity contribution is 5.91. The fraction of sp³-hybridized carbons (Fsp3) is 0.400. The van der Waals surface area contributed by atoms with E-state index in [1.54, 1.807) is 6.08 Å². The second-order valence-electron chi connectivity index (χ2n) is 5.61. The summed E-state index contributed by atoms with van der Waals surface area (Å²) in [4.78, 5) is 11.6. The van der Waals surface area contributed by atoms with E-state index in [2.05, 4.69) is 26.1 Å². The molecule has 0 atom stereocenters. The molecule has 0 radical (unpaired) electrons. The van der Waals surface area contributed by atoms with Crippen molar-refractivity contribution in [3.05, 3.63) is 35.9 Å². The fourth-order valence-corrected chi connectivity index (χ4v) is 1.45. The topological polar surface area (TPSA) is 55.1 Å². The molecule has 0 aromatic heterocycles. The zero-order chi connectivity index (χ0) is 13.6. The molecule has 3 N–H and O–H groups in total. The highest BCUT2D eigenvalue weighted by Crippen LogP contribution is 2.16. The highest BCUT2D eigenvalue weighted by Gasteiger charge is 2.09. The largest absolute Gasteiger partial charge is 0.399 e. The first-order chi connectivity index (χ1) is 8.37. The number of carbonyl (C=O) groups excluding carboxylic acids is 1.